The van der Waals surface area contributed by atoms with Crippen molar-refractivity contribution in [2.45, 2.75) is 58.3 Å². The molecule has 0 unspecified atom stereocenters. The SMILES string of the molecule is CCCCCCC(C)(C(F)(F)F)C(F)(F)F. The van der Waals surface area contributed by atoms with E-state index in [2.05, 4.69) is 0 Å². The van der Waals surface area contributed by atoms with Crippen LogP contribution in [0.2, 0.25) is 0 Å². The lowest BCUT2D eigenvalue weighted by Crippen LogP contribution is -2.47. The molecule has 0 aliphatic rings. The highest BCUT2D eigenvalue weighted by atomic mass is 19.4. The van der Waals surface area contributed by atoms with Crippen LogP contribution < -0.4 is 0 Å². The lowest BCUT2D eigenvalue weighted by molar-refractivity contribution is -0.336. The summed E-state index contributed by atoms with van der Waals surface area (Å²) in [5.41, 5.74) is -3.58. The van der Waals surface area contributed by atoms with E-state index in [1.165, 1.54) is 0 Å². The van der Waals surface area contributed by atoms with Gasteiger partial charge in [-0.3, -0.25) is 0 Å². The first kappa shape index (κ1) is 15.6. The average molecular weight is 250 g/mol. The monoisotopic (exact) mass is 250 g/mol. The summed E-state index contributed by atoms with van der Waals surface area (Å²) in [4.78, 5) is 0. The molecule has 0 fully saturated rings. The predicted octanol–water partition coefficient (Wildman–Crippen LogP) is 5.09. The van der Waals surface area contributed by atoms with Crippen molar-refractivity contribution >= 4 is 0 Å². The van der Waals surface area contributed by atoms with Crippen molar-refractivity contribution < 1.29 is 26.3 Å². The molecule has 0 atom stereocenters. The molecule has 0 radical (unpaired) electrons. The van der Waals surface area contributed by atoms with Gasteiger partial charge in [-0.05, 0) is 13.3 Å². The number of rotatable bonds is 5. The minimum Gasteiger partial charge on any atom is -0.170 e. The van der Waals surface area contributed by atoms with Gasteiger partial charge in [0.1, 0.15) is 0 Å². The van der Waals surface area contributed by atoms with Gasteiger partial charge in [-0.1, -0.05) is 32.6 Å². The van der Waals surface area contributed by atoms with Crippen molar-refractivity contribution in [3.63, 3.8) is 0 Å². The fourth-order valence-electron chi connectivity index (χ4n) is 1.35. The number of unbranched alkanes of at least 4 members (excludes halogenated alkanes) is 3. The maximum Gasteiger partial charge on any atom is 0.402 e. The topological polar surface area (TPSA) is 0 Å². The molecule has 0 spiro atoms. The quantitative estimate of drug-likeness (QED) is 0.471. The van der Waals surface area contributed by atoms with Crippen LogP contribution in [0.3, 0.4) is 0 Å². The maximum absolute atomic E-state index is 12.4. The molecule has 16 heavy (non-hydrogen) atoms. The van der Waals surface area contributed by atoms with Crippen molar-refractivity contribution in [1.29, 1.82) is 0 Å². The highest BCUT2D eigenvalue weighted by Crippen LogP contribution is 2.52. The van der Waals surface area contributed by atoms with E-state index in [1.54, 1.807) is 0 Å². The Labute approximate surface area is 91.0 Å². The summed E-state index contributed by atoms with van der Waals surface area (Å²) in [5.74, 6) is 0. The Balaban J connectivity index is 4.59. The van der Waals surface area contributed by atoms with Crippen LogP contribution >= 0.6 is 0 Å². The smallest absolute Gasteiger partial charge is 0.170 e. The summed E-state index contributed by atoms with van der Waals surface area (Å²) in [6.07, 6.45) is -9.59. The number of hydrogen-bond donors (Lipinski definition) is 0. The third-order valence-corrected chi connectivity index (χ3v) is 2.78. The Morgan fingerprint density at radius 1 is 0.750 bits per heavy atom. The van der Waals surface area contributed by atoms with Gasteiger partial charge in [0.05, 0.1) is 0 Å². The molecular weight excluding hydrogens is 234 g/mol. The van der Waals surface area contributed by atoms with E-state index < -0.39 is 24.2 Å². The molecule has 0 aliphatic carbocycles. The minimum absolute atomic E-state index is 0.0522. The molecule has 0 bridgehead atoms. The molecule has 0 saturated heterocycles. The molecule has 0 aliphatic heterocycles. The van der Waals surface area contributed by atoms with Gasteiger partial charge >= 0.3 is 12.4 Å². The lowest BCUT2D eigenvalue weighted by Gasteiger charge is -2.33. The molecule has 0 aromatic heterocycles. The largest absolute Gasteiger partial charge is 0.402 e. The van der Waals surface area contributed by atoms with E-state index in [4.69, 9.17) is 0 Å². The van der Waals surface area contributed by atoms with Crippen molar-refractivity contribution in [3.05, 3.63) is 0 Å². The zero-order chi connectivity index (χ0) is 13.0. The Bertz CT molecular complexity index is 188. The van der Waals surface area contributed by atoms with Gasteiger partial charge in [0, 0.05) is 0 Å². The predicted molar refractivity (Wildman–Crippen MR) is 49.0 cm³/mol. The minimum atomic E-state index is -5.24. The maximum atomic E-state index is 12.4. The van der Waals surface area contributed by atoms with Gasteiger partial charge in [0.15, 0.2) is 5.41 Å². The molecule has 0 heterocycles. The normalized spacial score (nSPS) is 14.2. The van der Waals surface area contributed by atoms with E-state index in [9.17, 15) is 26.3 Å². The van der Waals surface area contributed by atoms with Crippen molar-refractivity contribution in [3.8, 4) is 0 Å². The van der Waals surface area contributed by atoms with Gasteiger partial charge in [0.25, 0.3) is 0 Å². The zero-order valence-electron chi connectivity index (χ0n) is 9.30. The molecule has 0 amide bonds. The summed E-state index contributed by atoms with van der Waals surface area (Å²) < 4.78 is 74.3. The molecule has 0 rings (SSSR count). The highest BCUT2D eigenvalue weighted by molar-refractivity contribution is 4.89. The zero-order valence-corrected chi connectivity index (χ0v) is 9.30. The van der Waals surface area contributed by atoms with Crippen molar-refractivity contribution in [1.82, 2.24) is 0 Å². The van der Waals surface area contributed by atoms with E-state index >= 15 is 0 Å². The van der Waals surface area contributed by atoms with Crippen LogP contribution in [0.4, 0.5) is 26.3 Å². The Hall–Kier alpha value is -0.420. The van der Waals surface area contributed by atoms with E-state index in [1.807, 2.05) is 6.92 Å². The number of halogens is 6. The summed E-state index contributed by atoms with van der Waals surface area (Å²) in [6.45, 7) is 2.08. The van der Waals surface area contributed by atoms with E-state index in [0.29, 0.717) is 12.8 Å². The van der Waals surface area contributed by atoms with Gasteiger partial charge in [0.2, 0.25) is 0 Å². The van der Waals surface area contributed by atoms with E-state index in [-0.39, 0.29) is 13.3 Å². The van der Waals surface area contributed by atoms with Gasteiger partial charge in [-0.15, -0.1) is 0 Å². The second kappa shape index (κ2) is 5.27. The van der Waals surface area contributed by atoms with Crippen LogP contribution in [0.25, 0.3) is 0 Å². The van der Waals surface area contributed by atoms with Gasteiger partial charge < -0.3 is 0 Å². The van der Waals surface area contributed by atoms with E-state index in [0.717, 1.165) is 6.42 Å². The molecule has 6 heteroatoms. The third kappa shape index (κ3) is 3.56. The Morgan fingerprint density at radius 3 is 1.50 bits per heavy atom. The second-order valence-corrected chi connectivity index (χ2v) is 4.14. The molecule has 0 saturated carbocycles. The molecule has 0 aromatic rings. The van der Waals surface area contributed by atoms with Crippen LogP contribution in [-0.4, -0.2) is 12.4 Å². The van der Waals surface area contributed by atoms with Crippen LogP contribution in [-0.2, 0) is 0 Å². The van der Waals surface area contributed by atoms with Crippen molar-refractivity contribution in [2.75, 3.05) is 0 Å². The lowest BCUT2D eigenvalue weighted by atomic mass is 9.83. The van der Waals surface area contributed by atoms with Crippen molar-refractivity contribution in [2.24, 2.45) is 5.41 Å². The first-order valence-electron chi connectivity index (χ1n) is 5.19. The summed E-state index contributed by atoms with van der Waals surface area (Å²) in [6, 6.07) is 0. The fraction of sp³-hybridized carbons (Fsp3) is 1.00. The summed E-state index contributed by atoms with van der Waals surface area (Å²) in [7, 11) is 0. The first-order chi connectivity index (χ1) is 7.06. The van der Waals surface area contributed by atoms with Crippen LogP contribution in [0, 0.1) is 5.41 Å². The van der Waals surface area contributed by atoms with Crippen LogP contribution in [0.15, 0.2) is 0 Å². The molecule has 0 aromatic carbocycles. The summed E-state index contributed by atoms with van der Waals surface area (Å²) >= 11 is 0. The van der Waals surface area contributed by atoms with Crippen LogP contribution in [0.1, 0.15) is 46.0 Å². The molecular formula is C10H16F6. The second-order valence-electron chi connectivity index (χ2n) is 4.14. The fourth-order valence-corrected chi connectivity index (χ4v) is 1.35. The number of alkyl halides is 6. The first-order valence-corrected chi connectivity index (χ1v) is 5.19. The molecule has 0 nitrogen and oxygen atoms in total. The summed E-state index contributed by atoms with van der Waals surface area (Å²) in [5, 5.41) is 0. The standard InChI is InChI=1S/C10H16F6/c1-3-4-5-6-7-8(2,9(11,12)13)10(14,15)16/h3-7H2,1-2H3. The molecule has 98 valence electrons. The average Bonchev–Trinajstić information content (AvgIpc) is 2.08. The third-order valence-electron chi connectivity index (χ3n) is 2.78. The van der Waals surface area contributed by atoms with Gasteiger partial charge in [-0.2, -0.15) is 26.3 Å². The van der Waals surface area contributed by atoms with Crippen LogP contribution in [0.5, 0.6) is 0 Å². The Morgan fingerprint density at radius 2 is 1.19 bits per heavy atom. The molecule has 0 N–H and O–H groups in total. The highest BCUT2D eigenvalue weighted by Gasteiger charge is 2.66. The number of hydrogen-bond acceptors (Lipinski definition) is 0. The van der Waals surface area contributed by atoms with Gasteiger partial charge in [-0.25, -0.2) is 0 Å². The Kier molecular flexibility index (Phi) is 5.14.